The molecule has 1 spiro atoms. The second-order valence-electron chi connectivity index (χ2n) is 12.0. The zero-order valence-electron chi connectivity index (χ0n) is 20.9. The maximum atomic E-state index is 14.5. The van der Waals surface area contributed by atoms with Gasteiger partial charge in [0, 0.05) is 12.1 Å². The fraction of sp³-hybridized carbons (Fsp3) is 0.607. The molecule has 4 aliphatic carbocycles. The van der Waals surface area contributed by atoms with Crippen LogP contribution >= 0.6 is 0 Å². The van der Waals surface area contributed by atoms with E-state index >= 15 is 0 Å². The van der Waals surface area contributed by atoms with Crippen LogP contribution in [-0.2, 0) is 14.3 Å². The summed E-state index contributed by atoms with van der Waals surface area (Å²) in [7, 11) is 0. The average molecular weight is 477 g/mol. The summed E-state index contributed by atoms with van der Waals surface area (Å²) in [6.45, 7) is 10.3. The minimum Gasteiger partial charge on any atom is -0.466 e. The Labute approximate surface area is 205 Å². The molecule has 7 nitrogen and oxygen atoms in total. The number of rotatable bonds is 2. The number of carbonyl (C=O) groups excluding carboxylic acids is 1. The number of ketones is 1. The van der Waals surface area contributed by atoms with Crippen LogP contribution in [0.2, 0.25) is 0 Å². The number of pyridine rings is 1. The first-order chi connectivity index (χ1) is 16.5. The Balaban J connectivity index is 1.54. The maximum Gasteiger partial charge on any atom is 0.232 e. The normalized spacial score (nSPS) is 42.2. The minimum absolute atomic E-state index is 0.0355. The molecular weight excluding hydrogens is 444 g/mol. The second kappa shape index (κ2) is 7.03. The quantitative estimate of drug-likeness (QED) is 0.649. The Morgan fingerprint density at radius 1 is 1.29 bits per heavy atom. The monoisotopic (exact) mass is 476 g/mol. The Hall–Kier alpha value is -2.53. The van der Waals surface area contributed by atoms with Crippen LogP contribution in [0.3, 0.4) is 0 Å². The number of allylic oxidation sites excluding steroid dienone is 1. The van der Waals surface area contributed by atoms with Crippen molar-refractivity contribution < 1.29 is 24.1 Å². The second-order valence-corrected chi connectivity index (χ2v) is 12.0. The van der Waals surface area contributed by atoms with Crippen molar-refractivity contribution in [1.29, 1.82) is 5.26 Å². The highest BCUT2D eigenvalue weighted by atomic mass is 16.7. The summed E-state index contributed by atoms with van der Waals surface area (Å²) < 4.78 is 18.8. The van der Waals surface area contributed by atoms with Gasteiger partial charge in [-0.1, -0.05) is 26.0 Å². The van der Waals surface area contributed by atoms with Gasteiger partial charge in [-0.25, -0.2) is 4.98 Å². The predicted molar refractivity (Wildman–Crippen MR) is 126 cm³/mol. The first kappa shape index (κ1) is 22.9. The molecule has 3 fully saturated rings. The van der Waals surface area contributed by atoms with Crippen molar-refractivity contribution in [3.8, 4) is 11.9 Å². The zero-order chi connectivity index (χ0) is 25.0. The molecule has 0 radical (unpaired) electrons. The molecule has 0 aromatic carbocycles. The van der Waals surface area contributed by atoms with Crippen LogP contribution in [-0.4, -0.2) is 46.1 Å². The highest BCUT2D eigenvalue weighted by Gasteiger charge is 2.75. The van der Waals surface area contributed by atoms with Gasteiger partial charge in [-0.2, -0.15) is 5.26 Å². The van der Waals surface area contributed by atoms with E-state index < -0.39 is 29.0 Å². The molecule has 35 heavy (non-hydrogen) atoms. The van der Waals surface area contributed by atoms with Crippen molar-refractivity contribution in [2.24, 2.45) is 28.6 Å². The highest BCUT2D eigenvalue weighted by Crippen LogP contribution is 2.71. The average Bonchev–Trinajstić information content (AvgIpc) is 3.34. The van der Waals surface area contributed by atoms with Crippen molar-refractivity contribution in [3.63, 3.8) is 0 Å². The van der Waals surface area contributed by atoms with Crippen LogP contribution < -0.4 is 4.74 Å². The van der Waals surface area contributed by atoms with Gasteiger partial charge in [-0.05, 0) is 74.1 Å². The predicted octanol–water partition coefficient (Wildman–Crippen LogP) is 3.72. The Morgan fingerprint density at radius 3 is 2.80 bits per heavy atom. The standard InChI is InChI=1S/C28H32N2O5/c1-15-12-27-9-8-19-20(25(19,2)3)18(21(27)31)11-17-14-33-26(4,5)35-23(17)28(27,32)22(15)34-24-16(13-29)7-6-10-30-24/h6-7,10-12,18-20,22-23,32H,8-9,14H2,1-5H3/t18-,19?,20-,22-,23+,27+,28+/m0/s1. The summed E-state index contributed by atoms with van der Waals surface area (Å²) in [5, 5.41) is 22.5. The SMILES string of the molecule is CC1=C[C@@]23CCC4[C@H]([C@H](C=C5COC(C)(C)O[C@H]5[C@]2(O)[C@H]1Oc1ncccc1C#N)C3=O)C4(C)C. The summed E-state index contributed by atoms with van der Waals surface area (Å²) >= 11 is 0. The van der Waals surface area contributed by atoms with E-state index in [0.717, 1.165) is 17.6 Å². The number of hydrogen-bond acceptors (Lipinski definition) is 7. The first-order valence-electron chi connectivity index (χ1n) is 12.5. The number of nitriles is 1. The van der Waals surface area contributed by atoms with Crippen molar-refractivity contribution in [3.05, 3.63) is 47.2 Å². The molecule has 2 saturated carbocycles. The largest absolute Gasteiger partial charge is 0.466 e. The lowest BCUT2D eigenvalue weighted by molar-refractivity contribution is -0.299. The lowest BCUT2D eigenvalue weighted by Gasteiger charge is -2.51. The van der Waals surface area contributed by atoms with E-state index in [-0.39, 0.29) is 41.1 Å². The molecule has 1 aromatic heterocycles. The lowest BCUT2D eigenvalue weighted by Crippen LogP contribution is -2.67. The molecule has 1 N–H and O–H groups in total. The third-order valence-corrected chi connectivity index (χ3v) is 9.36. The lowest BCUT2D eigenvalue weighted by atomic mass is 9.63. The molecule has 6 rings (SSSR count). The molecule has 184 valence electrons. The van der Waals surface area contributed by atoms with Crippen molar-refractivity contribution >= 4 is 5.78 Å². The number of Topliss-reactive ketones (excluding diaryl/α,β-unsaturated/α-hetero) is 1. The van der Waals surface area contributed by atoms with Gasteiger partial charge < -0.3 is 19.3 Å². The smallest absolute Gasteiger partial charge is 0.232 e. The Bertz CT molecular complexity index is 1230. The molecule has 2 heterocycles. The number of ether oxygens (including phenoxy) is 3. The third kappa shape index (κ3) is 2.88. The fourth-order valence-corrected chi connectivity index (χ4v) is 7.60. The van der Waals surface area contributed by atoms with E-state index in [4.69, 9.17) is 14.2 Å². The Kier molecular flexibility index (Phi) is 4.60. The molecule has 1 unspecified atom stereocenters. The van der Waals surface area contributed by atoms with Gasteiger partial charge in [-0.3, -0.25) is 4.79 Å². The molecule has 1 aliphatic heterocycles. The summed E-state index contributed by atoms with van der Waals surface area (Å²) in [5.41, 5.74) is -0.980. The molecule has 1 saturated heterocycles. The van der Waals surface area contributed by atoms with E-state index in [1.54, 1.807) is 18.3 Å². The molecule has 7 atom stereocenters. The van der Waals surface area contributed by atoms with Crippen LogP contribution in [0.1, 0.15) is 53.0 Å². The number of aromatic nitrogens is 1. The van der Waals surface area contributed by atoms with Crippen LogP contribution in [0, 0.1) is 39.9 Å². The number of fused-ring (bicyclic) bond motifs is 5. The van der Waals surface area contributed by atoms with Crippen LogP contribution in [0.4, 0.5) is 0 Å². The van der Waals surface area contributed by atoms with Crippen molar-refractivity contribution in [2.45, 2.75) is 71.1 Å². The Morgan fingerprint density at radius 2 is 2.06 bits per heavy atom. The van der Waals surface area contributed by atoms with E-state index in [1.807, 2.05) is 32.9 Å². The van der Waals surface area contributed by atoms with E-state index in [0.29, 0.717) is 12.3 Å². The van der Waals surface area contributed by atoms with Gasteiger partial charge in [0.05, 0.1) is 12.0 Å². The van der Waals surface area contributed by atoms with Gasteiger partial charge in [-0.15, -0.1) is 0 Å². The van der Waals surface area contributed by atoms with Crippen LogP contribution in [0.15, 0.2) is 41.6 Å². The number of aliphatic hydroxyl groups is 1. The number of nitrogens with zero attached hydrogens (tertiary/aromatic N) is 2. The number of hydrogen-bond donors (Lipinski definition) is 1. The fourth-order valence-electron chi connectivity index (χ4n) is 7.60. The molecule has 7 heteroatoms. The van der Waals surface area contributed by atoms with Crippen LogP contribution in [0.25, 0.3) is 0 Å². The molecule has 0 amide bonds. The minimum atomic E-state index is -1.71. The molecule has 1 aromatic rings. The molecule has 5 aliphatic rings. The zero-order valence-corrected chi connectivity index (χ0v) is 20.9. The number of carbonyl (C=O) groups is 1. The van der Waals surface area contributed by atoms with Crippen LogP contribution in [0.5, 0.6) is 5.88 Å². The van der Waals surface area contributed by atoms with Gasteiger partial charge in [0.2, 0.25) is 5.88 Å². The first-order valence-corrected chi connectivity index (χ1v) is 12.5. The topological polar surface area (TPSA) is 102 Å². The van der Waals surface area contributed by atoms with Crippen molar-refractivity contribution in [2.75, 3.05) is 6.61 Å². The summed E-state index contributed by atoms with van der Waals surface area (Å²) in [6.07, 6.45) is 5.18. The highest BCUT2D eigenvalue weighted by molar-refractivity contribution is 5.95. The third-order valence-electron chi connectivity index (χ3n) is 9.36. The van der Waals surface area contributed by atoms with E-state index in [1.165, 1.54) is 0 Å². The van der Waals surface area contributed by atoms with E-state index in [2.05, 4.69) is 24.9 Å². The molecular formula is C28H32N2O5. The molecule has 2 bridgehead atoms. The van der Waals surface area contributed by atoms with Gasteiger partial charge in [0.25, 0.3) is 0 Å². The van der Waals surface area contributed by atoms with Gasteiger partial charge in [0.15, 0.2) is 23.3 Å². The summed E-state index contributed by atoms with van der Waals surface area (Å²) in [6, 6.07) is 5.41. The van der Waals surface area contributed by atoms with Gasteiger partial charge in [0.1, 0.15) is 17.7 Å². The van der Waals surface area contributed by atoms with E-state index in [9.17, 15) is 15.2 Å². The maximum absolute atomic E-state index is 14.5. The summed E-state index contributed by atoms with van der Waals surface area (Å²) in [4.78, 5) is 18.8. The summed E-state index contributed by atoms with van der Waals surface area (Å²) in [5.74, 6) is -0.430. The van der Waals surface area contributed by atoms with Crippen molar-refractivity contribution in [1.82, 2.24) is 4.98 Å². The van der Waals surface area contributed by atoms with Gasteiger partial charge >= 0.3 is 0 Å².